The van der Waals surface area contributed by atoms with E-state index >= 15 is 0 Å². The van der Waals surface area contributed by atoms with E-state index in [1.165, 1.54) is 0 Å². The summed E-state index contributed by atoms with van der Waals surface area (Å²) < 4.78 is 157. The van der Waals surface area contributed by atoms with Crippen molar-refractivity contribution in [3.05, 3.63) is 6.92 Å². The average molecular weight is 389 g/mol. The molecule has 0 aliphatic rings. The summed E-state index contributed by atoms with van der Waals surface area (Å²) in [5, 5.41) is 8.45. The second kappa shape index (κ2) is 6.77. The summed E-state index contributed by atoms with van der Waals surface area (Å²) in [7, 11) is 0. The van der Waals surface area contributed by atoms with Crippen molar-refractivity contribution in [2.45, 2.75) is 42.1 Å². The van der Waals surface area contributed by atoms with Crippen LogP contribution in [0.4, 0.5) is 52.7 Å². The number of alkyl halides is 12. The van der Waals surface area contributed by atoms with Crippen LogP contribution < -0.4 is 0 Å². The third-order valence-corrected chi connectivity index (χ3v) is 2.55. The normalized spacial score (nSPS) is 17.8. The molecule has 0 fully saturated rings. The number of halogens is 12. The lowest BCUT2D eigenvalue weighted by Crippen LogP contribution is -2.69. The number of aliphatic hydroxyl groups excluding tert-OH is 1. The van der Waals surface area contributed by atoms with Gasteiger partial charge in [-0.1, -0.05) is 0 Å². The molecule has 0 aromatic heterocycles. The lowest BCUT2D eigenvalue weighted by Gasteiger charge is -2.39. The van der Waals surface area contributed by atoms with E-state index in [9.17, 15) is 52.7 Å². The van der Waals surface area contributed by atoms with Gasteiger partial charge in [-0.3, -0.25) is 0 Å². The van der Waals surface area contributed by atoms with Crippen molar-refractivity contribution in [1.29, 1.82) is 0 Å². The Labute approximate surface area is 126 Å². The summed E-state index contributed by atoms with van der Waals surface area (Å²) in [5.74, 6) is -35.5. The molecule has 0 rings (SSSR count). The molecule has 0 aromatic carbocycles. The van der Waals surface area contributed by atoms with E-state index < -0.39 is 55.4 Å². The van der Waals surface area contributed by atoms with E-state index in [1.54, 1.807) is 0 Å². The van der Waals surface area contributed by atoms with E-state index in [-0.39, 0.29) is 0 Å². The Morgan fingerprint density at radius 1 is 0.833 bits per heavy atom. The van der Waals surface area contributed by atoms with Gasteiger partial charge in [0.05, 0.1) is 12.7 Å². The van der Waals surface area contributed by atoms with Crippen molar-refractivity contribution in [2.24, 2.45) is 0 Å². The smallest absolute Gasteiger partial charge is 0.384 e. The van der Waals surface area contributed by atoms with Gasteiger partial charge in [0.2, 0.25) is 0 Å². The lowest BCUT2D eigenvalue weighted by atomic mass is 9.94. The van der Waals surface area contributed by atoms with E-state index in [0.29, 0.717) is 0 Å². The molecule has 1 N–H and O–H groups in total. The van der Waals surface area contributed by atoms with Gasteiger partial charge < -0.3 is 9.84 Å². The molecule has 2 atom stereocenters. The van der Waals surface area contributed by atoms with Crippen LogP contribution in [-0.4, -0.2) is 60.5 Å². The minimum atomic E-state index is -7.57. The first-order valence-corrected chi connectivity index (χ1v) is 5.62. The maximum absolute atomic E-state index is 13.1. The van der Waals surface area contributed by atoms with Crippen LogP contribution in [0.2, 0.25) is 0 Å². The van der Waals surface area contributed by atoms with E-state index in [4.69, 9.17) is 5.11 Å². The second-order valence-electron chi connectivity index (χ2n) is 4.49. The zero-order valence-corrected chi connectivity index (χ0v) is 11.2. The summed E-state index contributed by atoms with van der Waals surface area (Å²) in [6, 6.07) is 0. The molecule has 0 saturated carbocycles. The van der Waals surface area contributed by atoms with Crippen molar-refractivity contribution in [1.82, 2.24) is 0 Å². The SMILES string of the molecule is [CH2]C(O)COC(F)C(F)(F)C(F)(F)C(F)(F)C(F)(F)C(F)(F)CF. The fraction of sp³-hybridized carbons (Fsp3) is 0.900. The van der Waals surface area contributed by atoms with Crippen LogP contribution in [0.1, 0.15) is 0 Å². The maximum atomic E-state index is 13.1. The highest BCUT2D eigenvalue weighted by Crippen LogP contribution is 2.58. The van der Waals surface area contributed by atoms with Crippen molar-refractivity contribution in [3.63, 3.8) is 0 Å². The van der Waals surface area contributed by atoms with Gasteiger partial charge in [-0.05, 0) is 6.92 Å². The first-order chi connectivity index (χ1) is 10.4. The Hall–Kier alpha value is -0.920. The zero-order chi connectivity index (χ0) is 19.8. The van der Waals surface area contributed by atoms with Crippen LogP contribution in [0, 0.1) is 6.92 Å². The molecule has 2 unspecified atom stereocenters. The lowest BCUT2D eigenvalue weighted by molar-refractivity contribution is -0.419. The topological polar surface area (TPSA) is 29.5 Å². The molecule has 145 valence electrons. The predicted octanol–water partition coefficient (Wildman–Crippen LogP) is 3.64. The Kier molecular flexibility index (Phi) is 6.51. The van der Waals surface area contributed by atoms with Gasteiger partial charge in [0, 0.05) is 0 Å². The summed E-state index contributed by atoms with van der Waals surface area (Å²) in [6.07, 6.45) is -6.70. The molecular weight excluding hydrogens is 380 g/mol. The van der Waals surface area contributed by atoms with Crippen LogP contribution in [0.3, 0.4) is 0 Å². The predicted molar refractivity (Wildman–Crippen MR) is 52.9 cm³/mol. The Morgan fingerprint density at radius 2 is 1.25 bits per heavy atom. The molecule has 0 spiro atoms. The Bertz CT molecular complexity index is 422. The minimum Gasteiger partial charge on any atom is -0.391 e. The highest BCUT2D eigenvalue weighted by molar-refractivity contribution is 5.09. The molecule has 0 amide bonds. The molecule has 0 bridgehead atoms. The zero-order valence-electron chi connectivity index (χ0n) is 11.2. The number of rotatable bonds is 9. The first kappa shape index (κ1) is 23.1. The van der Waals surface area contributed by atoms with Crippen molar-refractivity contribution >= 4 is 0 Å². The van der Waals surface area contributed by atoms with Crippen molar-refractivity contribution in [3.8, 4) is 0 Å². The molecule has 2 nitrogen and oxygen atoms in total. The van der Waals surface area contributed by atoms with Gasteiger partial charge >= 0.3 is 29.6 Å². The van der Waals surface area contributed by atoms with Gasteiger partial charge in [0.1, 0.15) is 0 Å². The molecule has 24 heavy (non-hydrogen) atoms. The fourth-order valence-electron chi connectivity index (χ4n) is 1.16. The number of hydrogen-bond acceptors (Lipinski definition) is 2. The van der Waals surface area contributed by atoms with Gasteiger partial charge in [-0.25, -0.2) is 8.78 Å². The molecule has 0 aliphatic heterocycles. The number of aliphatic hydroxyl groups is 1. The maximum Gasteiger partial charge on any atom is 0.384 e. The van der Waals surface area contributed by atoms with Crippen LogP contribution in [0.25, 0.3) is 0 Å². The molecular formula is C10H9F12O2. The minimum absolute atomic E-state index is 1.55. The summed E-state index contributed by atoms with van der Waals surface area (Å²) >= 11 is 0. The van der Waals surface area contributed by atoms with E-state index in [2.05, 4.69) is 11.7 Å². The molecule has 0 aliphatic carbocycles. The standard InChI is InChI=1S/C10H9F12O2/c1-4(23)2-24-5(12)7(15,16)9(19,20)10(21,22)8(17,18)6(13,14)3-11/h4-5,23H,1-3H2. The second-order valence-corrected chi connectivity index (χ2v) is 4.49. The highest BCUT2D eigenvalue weighted by atomic mass is 19.4. The van der Waals surface area contributed by atoms with E-state index in [0.717, 1.165) is 0 Å². The van der Waals surface area contributed by atoms with Crippen LogP contribution in [0.5, 0.6) is 0 Å². The third-order valence-electron chi connectivity index (χ3n) is 2.55. The van der Waals surface area contributed by atoms with Crippen LogP contribution >= 0.6 is 0 Å². The largest absolute Gasteiger partial charge is 0.391 e. The van der Waals surface area contributed by atoms with Gasteiger partial charge in [-0.2, -0.15) is 43.9 Å². The molecule has 0 saturated heterocycles. The van der Waals surface area contributed by atoms with Gasteiger partial charge in [0.15, 0.2) is 6.67 Å². The molecule has 0 aromatic rings. The molecule has 1 radical (unpaired) electrons. The van der Waals surface area contributed by atoms with Gasteiger partial charge in [0.25, 0.3) is 6.36 Å². The summed E-state index contributed by atoms with van der Waals surface area (Å²) in [6.45, 7) is -2.52. The summed E-state index contributed by atoms with van der Waals surface area (Å²) in [4.78, 5) is 0. The summed E-state index contributed by atoms with van der Waals surface area (Å²) in [5.41, 5.74) is 0. The van der Waals surface area contributed by atoms with Crippen molar-refractivity contribution < 1.29 is 62.5 Å². The number of ether oxygens (including phenoxy) is 1. The Morgan fingerprint density at radius 3 is 1.58 bits per heavy atom. The van der Waals surface area contributed by atoms with Crippen LogP contribution in [0.15, 0.2) is 0 Å². The molecule has 14 heteroatoms. The number of hydrogen-bond donors (Lipinski definition) is 1. The third kappa shape index (κ3) is 3.53. The fourth-order valence-corrected chi connectivity index (χ4v) is 1.16. The van der Waals surface area contributed by atoms with Gasteiger partial charge in [-0.15, -0.1) is 0 Å². The first-order valence-electron chi connectivity index (χ1n) is 5.62. The monoisotopic (exact) mass is 389 g/mol. The van der Waals surface area contributed by atoms with E-state index in [1.807, 2.05) is 0 Å². The quantitative estimate of drug-likeness (QED) is 0.611. The average Bonchev–Trinajstić information content (AvgIpc) is 2.43. The highest BCUT2D eigenvalue weighted by Gasteiger charge is 2.87. The Balaban J connectivity index is 5.83. The molecule has 0 heterocycles. The van der Waals surface area contributed by atoms with Crippen molar-refractivity contribution in [2.75, 3.05) is 13.3 Å². The van der Waals surface area contributed by atoms with Crippen LogP contribution in [-0.2, 0) is 4.74 Å².